The van der Waals surface area contributed by atoms with E-state index in [0.717, 1.165) is 26.9 Å². The van der Waals surface area contributed by atoms with E-state index in [0.29, 0.717) is 22.0 Å². The van der Waals surface area contributed by atoms with Crippen molar-refractivity contribution in [1.29, 1.82) is 0 Å². The van der Waals surface area contributed by atoms with Crippen LogP contribution in [0.4, 0.5) is 5.13 Å². The molecule has 0 bridgehead atoms. The molecule has 5 rings (SSSR count). The molecule has 1 amide bonds. The summed E-state index contributed by atoms with van der Waals surface area (Å²) in [5.74, 6) is -1.21. The molecule has 0 unspecified atom stereocenters. The normalized spacial score (nSPS) is 17.4. The van der Waals surface area contributed by atoms with Crippen LogP contribution in [0.3, 0.4) is 0 Å². The smallest absolute Gasteiger partial charge is 0.301 e. The SMILES string of the molecule is COc1ccccc1[C@@H]1/C(=C(\O)c2ccc(C)cc2)C(=O)C(=O)N1c1nc2c(C)cc(C)cc2s1. The number of aliphatic hydroxyl groups excluding tert-OH is 1. The van der Waals surface area contributed by atoms with Crippen LogP contribution >= 0.6 is 11.3 Å². The number of ketones is 1. The number of nitrogens with zero attached hydrogens (tertiary/aromatic N) is 2. The number of methoxy groups -OCH3 is 1. The fourth-order valence-electron chi connectivity index (χ4n) is 4.55. The van der Waals surface area contributed by atoms with Gasteiger partial charge in [-0.25, -0.2) is 4.98 Å². The van der Waals surface area contributed by atoms with Gasteiger partial charge in [-0.2, -0.15) is 0 Å². The Bertz CT molecular complexity index is 1520. The number of aromatic nitrogens is 1. The number of carbonyl (C=O) groups is 2. The Labute approximate surface area is 207 Å². The third-order valence-corrected chi connectivity index (χ3v) is 7.23. The zero-order valence-electron chi connectivity index (χ0n) is 19.8. The van der Waals surface area contributed by atoms with Crippen LogP contribution in [-0.2, 0) is 9.59 Å². The van der Waals surface area contributed by atoms with Crippen LogP contribution in [0, 0.1) is 20.8 Å². The number of para-hydroxylation sites is 1. The largest absolute Gasteiger partial charge is 0.507 e. The van der Waals surface area contributed by atoms with Crippen LogP contribution in [0.1, 0.15) is 33.9 Å². The Hall–Kier alpha value is -3.97. The molecule has 1 N–H and O–H groups in total. The van der Waals surface area contributed by atoms with Crippen LogP contribution in [0.2, 0.25) is 0 Å². The number of ether oxygens (including phenoxy) is 1. The molecule has 35 heavy (non-hydrogen) atoms. The number of fused-ring (bicyclic) bond motifs is 1. The fourth-order valence-corrected chi connectivity index (χ4v) is 5.71. The van der Waals surface area contributed by atoms with Gasteiger partial charge in [-0.3, -0.25) is 14.5 Å². The van der Waals surface area contributed by atoms with E-state index in [-0.39, 0.29) is 11.3 Å². The van der Waals surface area contributed by atoms with Gasteiger partial charge < -0.3 is 9.84 Å². The molecule has 1 aliphatic rings. The number of aryl methyl sites for hydroxylation is 3. The zero-order chi connectivity index (χ0) is 24.9. The minimum absolute atomic E-state index is 0.00973. The molecule has 0 aliphatic carbocycles. The number of thiazole rings is 1. The average molecular weight is 485 g/mol. The molecule has 0 spiro atoms. The number of rotatable bonds is 4. The van der Waals surface area contributed by atoms with Crippen molar-refractivity contribution in [2.75, 3.05) is 12.0 Å². The van der Waals surface area contributed by atoms with E-state index in [4.69, 9.17) is 9.72 Å². The second kappa shape index (κ2) is 8.67. The lowest BCUT2D eigenvalue weighted by atomic mass is 9.94. The summed E-state index contributed by atoms with van der Waals surface area (Å²) < 4.78 is 6.51. The first kappa shape index (κ1) is 22.8. The first-order valence-corrected chi connectivity index (χ1v) is 12.0. The molecular weight excluding hydrogens is 460 g/mol. The Morgan fingerprint density at radius 2 is 1.71 bits per heavy atom. The quantitative estimate of drug-likeness (QED) is 0.223. The van der Waals surface area contributed by atoms with Crippen LogP contribution in [0.5, 0.6) is 5.75 Å². The lowest BCUT2D eigenvalue weighted by Gasteiger charge is -2.24. The summed E-state index contributed by atoms with van der Waals surface area (Å²) in [6, 6.07) is 17.5. The average Bonchev–Trinajstić information content (AvgIpc) is 3.37. The molecule has 1 aliphatic heterocycles. The zero-order valence-corrected chi connectivity index (χ0v) is 20.6. The molecule has 7 heteroatoms. The molecule has 1 atom stereocenters. The van der Waals surface area contributed by atoms with Crippen molar-refractivity contribution in [2.45, 2.75) is 26.8 Å². The van der Waals surface area contributed by atoms with Crippen molar-refractivity contribution in [3.63, 3.8) is 0 Å². The summed E-state index contributed by atoms with van der Waals surface area (Å²) >= 11 is 1.35. The summed E-state index contributed by atoms with van der Waals surface area (Å²) in [5, 5.41) is 11.7. The molecule has 3 aromatic carbocycles. The van der Waals surface area contributed by atoms with Gasteiger partial charge in [0.25, 0.3) is 5.78 Å². The number of aliphatic hydroxyl groups is 1. The van der Waals surface area contributed by atoms with Crippen molar-refractivity contribution in [1.82, 2.24) is 4.98 Å². The maximum absolute atomic E-state index is 13.5. The molecule has 2 heterocycles. The molecule has 4 aromatic rings. The van der Waals surface area contributed by atoms with E-state index < -0.39 is 17.7 Å². The molecule has 176 valence electrons. The summed E-state index contributed by atoms with van der Waals surface area (Å²) in [6.07, 6.45) is 0. The maximum Gasteiger partial charge on any atom is 0.301 e. The Morgan fingerprint density at radius 1 is 1.00 bits per heavy atom. The minimum Gasteiger partial charge on any atom is -0.507 e. The van der Waals surface area contributed by atoms with Crippen molar-refractivity contribution < 1.29 is 19.4 Å². The van der Waals surface area contributed by atoms with Gasteiger partial charge in [0.15, 0.2) is 5.13 Å². The van der Waals surface area contributed by atoms with E-state index in [2.05, 4.69) is 0 Å². The van der Waals surface area contributed by atoms with E-state index in [1.54, 1.807) is 24.3 Å². The fraction of sp³-hybridized carbons (Fsp3) is 0.179. The number of hydrogen-bond donors (Lipinski definition) is 1. The van der Waals surface area contributed by atoms with E-state index >= 15 is 0 Å². The Morgan fingerprint density at radius 3 is 2.43 bits per heavy atom. The first-order chi connectivity index (χ1) is 16.8. The Kier molecular flexibility index (Phi) is 5.65. The third kappa shape index (κ3) is 3.78. The number of anilines is 1. The van der Waals surface area contributed by atoms with Crippen LogP contribution < -0.4 is 9.64 Å². The molecule has 1 saturated heterocycles. The molecule has 1 fully saturated rings. The van der Waals surface area contributed by atoms with Crippen molar-refractivity contribution in [3.05, 3.63) is 94.1 Å². The van der Waals surface area contributed by atoms with Crippen molar-refractivity contribution in [2.24, 2.45) is 0 Å². The standard InChI is InChI=1S/C28H24N2O4S/c1-15-9-11-18(12-10-15)25(31)22-24(19-7-5-6-8-20(19)34-4)30(27(33)26(22)32)28-29-23-17(3)13-16(2)14-21(23)35-28/h5-14,24,31H,1-4H3/b25-22+/t24-/m1/s1. The van der Waals surface area contributed by atoms with Gasteiger partial charge in [0, 0.05) is 11.1 Å². The second-order valence-electron chi connectivity index (χ2n) is 8.70. The third-order valence-electron chi connectivity index (χ3n) is 6.23. The maximum atomic E-state index is 13.5. The molecule has 0 radical (unpaired) electrons. The summed E-state index contributed by atoms with van der Waals surface area (Å²) in [6.45, 7) is 5.92. The Balaban J connectivity index is 1.77. The van der Waals surface area contributed by atoms with E-state index in [9.17, 15) is 14.7 Å². The van der Waals surface area contributed by atoms with Gasteiger partial charge >= 0.3 is 5.91 Å². The van der Waals surface area contributed by atoms with E-state index in [1.165, 1.54) is 23.3 Å². The number of hydrogen-bond acceptors (Lipinski definition) is 6. The lowest BCUT2D eigenvalue weighted by Crippen LogP contribution is -2.29. The molecule has 6 nitrogen and oxygen atoms in total. The van der Waals surface area contributed by atoms with Gasteiger partial charge in [-0.15, -0.1) is 0 Å². The van der Waals surface area contributed by atoms with Crippen LogP contribution in [-0.4, -0.2) is 28.9 Å². The number of Topliss-reactive ketones (excluding diaryl/α,β-unsaturated/α-hetero) is 1. The monoisotopic (exact) mass is 484 g/mol. The summed E-state index contributed by atoms with van der Waals surface area (Å²) in [7, 11) is 1.54. The first-order valence-electron chi connectivity index (χ1n) is 11.2. The van der Waals surface area contributed by atoms with Gasteiger partial charge in [-0.05, 0) is 44.0 Å². The number of benzene rings is 3. The highest BCUT2D eigenvalue weighted by atomic mass is 32.1. The van der Waals surface area contributed by atoms with Crippen molar-refractivity contribution in [3.8, 4) is 5.75 Å². The van der Waals surface area contributed by atoms with Crippen molar-refractivity contribution >= 4 is 44.1 Å². The summed E-state index contributed by atoms with van der Waals surface area (Å²) in [5.41, 5.74) is 4.95. The van der Waals surface area contributed by atoms with Gasteiger partial charge in [0.05, 0.1) is 22.9 Å². The van der Waals surface area contributed by atoms with Crippen LogP contribution in [0.25, 0.3) is 16.0 Å². The minimum atomic E-state index is -0.894. The predicted octanol–water partition coefficient (Wildman–Crippen LogP) is 5.86. The van der Waals surface area contributed by atoms with Crippen LogP contribution in [0.15, 0.2) is 66.2 Å². The van der Waals surface area contributed by atoms with E-state index in [1.807, 2.05) is 57.2 Å². The highest BCUT2D eigenvalue weighted by molar-refractivity contribution is 7.22. The number of carbonyl (C=O) groups excluding carboxylic acids is 2. The van der Waals surface area contributed by atoms with Gasteiger partial charge in [0.2, 0.25) is 0 Å². The number of amides is 1. The highest BCUT2D eigenvalue weighted by Gasteiger charge is 2.49. The van der Waals surface area contributed by atoms with Gasteiger partial charge in [0.1, 0.15) is 17.6 Å². The topological polar surface area (TPSA) is 79.7 Å². The summed E-state index contributed by atoms with van der Waals surface area (Å²) in [4.78, 5) is 33.0. The highest BCUT2D eigenvalue weighted by Crippen LogP contribution is 2.46. The lowest BCUT2D eigenvalue weighted by molar-refractivity contribution is -0.132. The second-order valence-corrected chi connectivity index (χ2v) is 9.71. The van der Waals surface area contributed by atoms with Gasteiger partial charge in [-0.1, -0.05) is 65.4 Å². The molecule has 0 saturated carbocycles. The predicted molar refractivity (Wildman–Crippen MR) is 138 cm³/mol. The molecule has 1 aromatic heterocycles. The molecular formula is C28H24N2O4S.